The van der Waals surface area contributed by atoms with Gasteiger partial charge in [-0.2, -0.15) is 0 Å². The summed E-state index contributed by atoms with van der Waals surface area (Å²) in [4.78, 5) is 20.1. The molecule has 7 heteroatoms. The molecule has 6 nitrogen and oxygen atoms in total. The van der Waals surface area contributed by atoms with Gasteiger partial charge in [0.1, 0.15) is 11.9 Å². The van der Waals surface area contributed by atoms with E-state index in [-0.39, 0.29) is 17.8 Å². The third kappa shape index (κ3) is 2.99. The van der Waals surface area contributed by atoms with E-state index in [9.17, 15) is 9.18 Å². The first-order valence-electron chi connectivity index (χ1n) is 6.79. The molecule has 1 aromatic heterocycles. The average Bonchev–Trinajstić information content (AvgIpc) is 3.16. The molecule has 22 heavy (non-hydrogen) atoms. The smallest absolute Gasteiger partial charge is 0.216 e. The molecule has 2 heterocycles. The number of aromatic nitrogens is 2. The van der Waals surface area contributed by atoms with E-state index in [2.05, 4.69) is 15.8 Å². The highest BCUT2D eigenvalue weighted by Crippen LogP contribution is 2.22. The zero-order valence-corrected chi connectivity index (χ0v) is 11.9. The average molecular weight is 302 g/mol. The van der Waals surface area contributed by atoms with E-state index in [0.717, 1.165) is 0 Å². The third-order valence-electron chi connectivity index (χ3n) is 3.27. The number of nitrogens with zero attached hydrogens (tertiary/aromatic N) is 2. The van der Waals surface area contributed by atoms with E-state index >= 15 is 0 Å². The first-order chi connectivity index (χ1) is 10.6. The number of rotatable bonds is 4. The molecule has 1 atom stereocenters. The normalized spacial score (nSPS) is 17.0. The van der Waals surface area contributed by atoms with Gasteiger partial charge in [-0.05, 0) is 18.2 Å². The minimum Gasteiger partial charge on any atom is -0.353 e. The van der Waals surface area contributed by atoms with Crippen molar-refractivity contribution in [2.45, 2.75) is 13.0 Å². The van der Waals surface area contributed by atoms with Gasteiger partial charge < -0.3 is 9.88 Å². The molecule has 2 N–H and O–H groups in total. The number of halogens is 1. The van der Waals surface area contributed by atoms with Crippen molar-refractivity contribution in [3.63, 3.8) is 0 Å². The van der Waals surface area contributed by atoms with E-state index in [4.69, 9.17) is 4.84 Å². The van der Waals surface area contributed by atoms with E-state index in [1.165, 1.54) is 19.3 Å². The molecule has 0 saturated carbocycles. The summed E-state index contributed by atoms with van der Waals surface area (Å²) in [7, 11) is 0. The van der Waals surface area contributed by atoms with Crippen LogP contribution in [-0.4, -0.2) is 28.1 Å². The molecule has 114 valence electrons. The topological polar surface area (TPSA) is 68.2 Å². The van der Waals surface area contributed by atoms with E-state index in [0.29, 0.717) is 23.5 Å². The highest BCUT2D eigenvalue weighted by atomic mass is 19.1. The molecule has 1 amide bonds. The Hall–Kier alpha value is -2.67. The number of carbonyl (C=O) groups excluding carboxylic acids is 1. The molecule has 0 radical (unpaired) electrons. The monoisotopic (exact) mass is 302 g/mol. The third-order valence-corrected chi connectivity index (χ3v) is 3.27. The van der Waals surface area contributed by atoms with Crippen molar-refractivity contribution in [1.82, 2.24) is 20.3 Å². The van der Waals surface area contributed by atoms with Gasteiger partial charge in [0.05, 0.1) is 24.3 Å². The van der Waals surface area contributed by atoms with Gasteiger partial charge in [-0.15, -0.1) is 0 Å². The Morgan fingerprint density at radius 2 is 2.41 bits per heavy atom. The minimum absolute atomic E-state index is 0.124. The number of hydrogen-bond donors (Lipinski definition) is 2. The van der Waals surface area contributed by atoms with Crippen LogP contribution < -0.4 is 10.8 Å². The van der Waals surface area contributed by atoms with Gasteiger partial charge in [0.25, 0.3) is 0 Å². The Labute approximate surface area is 126 Å². The maximum atomic E-state index is 14.2. The van der Waals surface area contributed by atoms with E-state index in [1.807, 2.05) is 6.08 Å². The van der Waals surface area contributed by atoms with Crippen molar-refractivity contribution in [1.29, 1.82) is 0 Å². The molecule has 0 aliphatic carbocycles. The Bertz CT molecular complexity index is 712. The molecule has 0 saturated heterocycles. The highest BCUT2D eigenvalue weighted by molar-refractivity contribution is 5.73. The lowest BCUT2D eigenvalue weighted by atomic mass is 10.1. The second-order valence-electron chi connectivity index (χ2n) is 4.91. The predicted molar refractivity (Wildman–Crippen MR) is 78.2 cm³/mol. The summed E-state index contributed by atoms with van der Waals surface area (Å²) in [6.45, 7) is 1.80. The summed E-state index contributed by atoms with van der Waals surface area (Å²) in [6, 6.07) is 4.90. The van der Waals surface area contributed by atoms with Crippen molar-refractivity contribution in [2.75, 3.05) is 6.54 Å². The number of hydrogen-bond acceptors (Lipinski definition) is 4. The summed E-state index contributed by atoms with van der Waals surface area (Å²) in [5, 5.41) is 2.67. The Morgan fingerprint density at radius 1 is 1.55 bits per heavy atom. The van der Waals surface area contributed by atoms with Gasteiger partial charge in [0.15, 0.2) is 0 Å². The van der Waals surface area contributed by atoms with Crippen LogP contribution in [0.5, 0.6) is 0 Å². The number of benzene rings is 1. The fourth-order valence-electron chi connectivity index (χ4n) is 2.18. The fraction of sp³-hybridized carbons (Fsp3) is 0.200. The van der Waals surface area contributed by atoms with Gasteiger partial charge in [0, 0.05) is 24.9 Å². The van der Waals surface area contributed by atoms with Gasteiger partial charge in [-0.25, -0.2) is 9.37 Å². The molecule has 2 aromatic rings. The van der Waals surface area contributed by atoms with Crippen molar-refractivity contribution in [3.8, 4) is 5.69 Å². The van der Waals surface area contributed by atoms with E-state index < -0.39 is 0 Å². The maximum absolute atomic E-state index is 14.2. The van der Waals surface area contributed by atoms with Crippen LogP contribution in [0.1, 0.15) is 12.5 Å². The molecule has 0 bridgehead atoms. The lowest BCUT2D eigenvalue weighted by molar-refractivity contribution is -0.119. The molecule has 1 aliphatic heterocycles. The van der Waals surface area contributed by atoms with Crippen molar-refractivity contribution < 1.29 is 14.0 Å². The molecular weight excluding hydrogens is 287 g/mol. The van der Waals surface area contributed by atoms with Crippen LogP contribution in [0.2, 0.25) is 0 Å². The first kappa shape index (κ1) is 14.3. The lowest BCUT2D eigenvalue weighted by Gasteiger charge is -2.08. The number of carbonyl (C=O) groups is 1. The molecule has 0 spiro atoms. The van der Waals surface area contributed by atoms with Crippen LogP contribution in [-0.2, 0) is 9.63 Å². The standard InChI is InChI=1S/C15H15FN4O2/c1-10(21)18-8-12-7-14(19-22-12)11-2-3-15(13(16)6-11)20-5-4-17-9-20/h2-7,9,12,19H,8H2,1H3,(H,18,21). The van der Waals surface area contributed by atoms with Crippen molar-refractivity contribution in [2.24, 2.45) is 0 Å². The largest absolute Gasteiger partial charge is 0.353 e. The van der Waals surface area contributed by atoms with Crippen molar-refractivity contribution >= 4 is 11.6 Å². The van der Waals surface area contributed by atoms with Crippen LogP contribution in [0.4, 0.5) is 4.39 Å². The van der Waals surface area contributed by atoms with Gasteiger partial charge in [-0.1, -0.05) is 6.07 Å². The van der Waals surface area contributed by atoms with E-state index in [1.54, 1.807) is 29.1 Å². The summed E-state index contributed by atoms with van der Waals surface area (Å²) < 4.78 is 15.8. The predicted octanol–water partition coefficient (Wildman–Crippen LogP) is 1.39. The van der Waals surface area contributed by atoms with Gasteiger partial charge >= 0.3 is 0 Å². The number of imidazole rings is 1. The Kier molecular flexibility index (Phi) is 3.88. The van der Waals surface area contributed by atoms with Crippen LogP contribution in [0.15, 0.2) is 43.0 Å². The molecule has 1 aliphatic rings. The first-order valence-corrected chi connectivity index (χ1v) is 6.79. The fourth-order valence-corrected chi connectivity index (χ4v) is 2.18. The summed E-state index contributed by atoms with van der Waals surface area (Å²) >= 11 is 0. The molecular formula is C15H15FN4O2. The Morgan fingerprint density at radius 3 is 3.09 bits per heavy atom. The number of nitrogens with one attached hydrogen (secondary N) is 2. The van der Waals surface area contributed by atoms with Crippen LogP contribution >= 0.6 is 0 Å². The van der Waals surface area contributed by atoms with Crippen LogP contribution in [0.3, 0.4) is 0 Å². The molecule has 1 unspecified atom stereocenters. The minimum atomic E-state index is -0.358. The quantitative estimate of drug-likeness (QED) is 0.895. The summed E-state index contributed by atoms with van der Waals surface area (Å²) in [6.07, 6.45) is 6.33. The molecule has 0 fully saturated rings. The van der Waals surface area contributed by atoms with Crippen LogP contribution in [0.25, 0.3) is 11.4 Å². The number of hydroxylamine groups is 1. The Balaban J connectivity index is 1.77. The number of amides is 1. The second kappa shape index (κ2) is 5.98. The highest BCUT2D eigenvalue weighted by Gasteiger charge is 2.18. The summed E-state index contributed by atoms with van der Waals surface area (Å²) in [5.41, 5.74) is 4.52. The van der Waals surface area contributed by atoms with Crippen molar-refractivity contribution in [3.05, 3.63) is 54.4 Å². The zero-order valence-electron chi connectivity index (χ0n) is 11.9. The summed E-state index contributed by atoms with van der Waals surface area (Å²) in [5.74, 6) is -0.482. The molecule has 1 aromatic carbocycles. The zero-order chi connectivity index (χ0) is 15.5. The molecule has 3 rings (SSSR count). The van der Waals surface area contributed by atoms with Gasteiger partial charge in [-0.3, -0.25) is 15.1 Å². The maximum Gasteiger partial charge on any atom is 0.216 e. The lowest BCUT2D eigenvalue weighted by Crippen LogP contribution is -2.30. The second-order valence-corrected chi connectivity index (χ2v) is 4.91. The van der Waals surface area contributed by atoms with Gasteiger partial charge in [0.2, 0.25) is 5.91 Å². The SMILES string of the molecule is CC(=O)NCC1C=C(c2ccc(-n3ccnc3)c(F)c2)NO1. The van der Waals surface area contributed by atoms with Crippen LogP contribution in [0, 0.1) is 5.82 Å².